The van der Waals surface area contributed by atoms with Crippen molar-refractivity contribution in [2.75, 3.05) is 19.7 Å². The van der Waals surface area contributed by atoms with Crippen molar-refractivity contribution in [3.05, 3.63) is 42.0 Å². The van der Waals surface area contributed by atoms with Crippen molar-refractivity contribution in [2.45, 2.75) is 38.4 Å². The number of carbonyl (C=O) groups is 1. The minimum Gasteiger partial charge on any atom is -0.483 e. The van der Waals surface area contributed by atoms with E-state index in [2.05, 4.69) is 9.97 Å². The molecule has 0 radical (unpaired) electrons. The van der Waals surface area contributed by atoms with Gasteiger partial charge in [0.15, 0.2) is 23.9 Å². The first-order chi connectivity index (χ1) is 13.4. The predicted molar refractivity (Wildman–Crippen MR) is 98.0 cm³/mol. The summed E-state index contributed by atoms with van der Waals surface area (Å²) in [6.07, 6.45) is 3.35. The van der Waals surface area contributed by atoms with Gasteiger partial charge in [-0.1, -0.05) is 12.1 Å². The summed E-state index contributed by atoms with van der Waals surface area (Å²) in [6.45, 7) is 4.96. The maximum absolute atomic E-state index is 12.9. The second-order valence-electron chi connectivity index (χ2n) is 7.62. The average molecular weight is 387 g/mol. The molecule has 0 saturated carbocycles. The monoisotopic (exact) mass is 387 g/mol. The van der Waals surface area contributed by atoms with Gasteiger partial charge in [-0.3, -0.25) is 4.79 Å². The van der Waals surface area contributed by atoms with Crippen LogP contribution in [0.1, 0.15) is 25.8 Å². The summed E-state index contributed by atoms with van der Waals surface area (Å²) in [7, 11) is 0. The van der Waals surface area contributed by atoms with Crippen LogP contribution in [0.15, 0.2) is 30.6 Å². The van der Waals surface area contributed by atoms with E-state index in [0.717, 1.165) is 30.1 Å². The van der Waals surface area contributed by atoms with Gasteiger partial charge in [0.2, 0.25) is 0 Å². The lowest BCUT2D eigenvalue weighted by Gasteiger charge is -2.19. The fourth-order valence-corrected chi connectivity index (χ4v) is 3.49. The number of para-hydroxylation sites is 1. The second kappa shape index (κ2) is 7.26. The van der Waals surface area contributed by atoms with Crippen molar-refractivity contribution in [3.8, 4) is 17.5 Å². The fourth-order valence-electron chi connectivity index (χ4n) is 3.49. The Morgan fingerprint density at radius 2 is 2.14 bits per heavy atom. The average Bonchev–Trinajstić information content (AvgIpc) is 3.24. The summed E-state index contributed by atoms with van der Waals surface area (Å²) >= 11 is 0. The third kappa shape index (κ3) is 4.00. The first kappa shape index (κ1) is 18.5. The number of amides is 1. The molecule has 3 heterocycles. The van der Waals surface area contributed by atoms with Crippen LogP contribution in [-0.4, -0.2) is 52.2 Å². The highest BCUT2D eigenvalue weighted by atomic mass is 19.1. The Bertz CT molecular complexity index is 872. The van der Waals surface area contributed by atoms with Crippen LogP contribution >= 0.6 is 0 Å². The van der Waals surface area contributed by atoms with E-state index in [9.17, 15) is 9.18 Å². The van der Waals surface area contributed by atoms with E-state index in [4.69, 9.17) is 14.2 Å². The molecule has 0 aliphatic carbocycles. The molecule has 28 heavy (non-hydrogen) atoms. The molecule has 1 amide bonds. The van der Waals surface area contributed by atoms with Crippen molar-refractivity contribution in [1.29, 1.82) is 0 Å². The molecule has 2 aliphatic rings. The SMILES string of the molecule is CC1(C)Cc2cccc(OCC(=O)N3CCC(Oc4ncc(F)cn4)C3)c2O1. The second-order valence-corrected chi connectivity index (χ2v) is 7.62. The van der Waals surface area contributed by atoms with Crippen LogP contribution < -0.4 is 14.2 Å². The molecule has 2 aliphatic heterocycles. The number of likely N-dealkylation sites (tertiary alicyclic amines) is 1. The number of rotatable bonds is 5. The Morgan fingerprint density at radius 3 is 2.93 bits per heavy atom. The number of halogens is 1. The lowest BCUT2D eigenvalue weighted by atomic mass is 10.0. The molecule has 8 heteroatoms. The third-order valence-electron chi connectivity index (χ3n) is 4.77. The molecule has 148 valence electrons. The quantitative estimate of drug-likeness (QED) is 0.784. The van der Waals surface area contributed by atoms with Crippen LogP contribution in [0, 0.1) is 5.82 Å². The Balaban J connectivity index is 1.31. The number of fused-ring (bicyclic) bond motifs is 1. The van der Waals surface area contributed by atoms with Crippen molar-refractivity contribution in [2.24, 2.45) is 0 Å². The number of benzene rings is 1. The van der Waals surface area contributed by atoms with Gasteiger partial charge < -0.3 is 19.1 Å². The topological polar surface area (TPSA) is 73.8 Å². The van der Waals surface area contributed by atoms with E-state index in [1.165, 1.54) is 0 Å². The van der Waals surface area contributed by atoms with Crippen molar-refractivity contribution < 1.29 is 23.4 Å². The molecule has 1 atom stereocenters. The Morgan fingerprint density at radius 1 is 1.36 bits per heavy atom. The molecule has 1 aromatic carbocycles. The Labute approximate surface area is 162 Å². The highest BCUT2D eigenvalue weighted by molar-refractivity contribution is 5.78. The summed E-state index contributed by atoms with van der Waals surface area (Å²) in [5, 5.41) is 0. The van der Waals surface area contributed by atoms with Crippen LogP contribution in [0.2, 0.25) is 0 Å². The van der Waals surface area contributed by atoms with E-state index < -0.39 is 5.82 Å². The first-order valence-corrected chi connectivity index (χ1v) is 9.25. The van der Waals surface area contributed by atoms with Gasteiger partial charge in [0.05, 0.1) is 18.9 Å². The summed E-state index contributed by atoms with van der Waals surface area (Å²) in [6, 6.07) is 5.84. The molecule has 2 aromatic rings. The lowest BCUT2D eigenvalue weighted by Crippen LogP contribution is -2.34. The highest BCUT2D eigenvalue weighted by Crippen LogP contribution is 2.41. The van der Waals surface area contributed by atoms with Gasteiger partial charge in [-0.2, -0.15) is 0 Å². The molecule has 1 saturated heterocycles. The van der Waals surface area contributed by atoms with Gasteiger partial charge in [-0.15, -0.1) is 0 Å². The minimum atomic E-state index is -0.521. The minimum absolute atomic E-state index is 0.0694. The van der Waals surface area contributed by atoms with E-state index in [1.54, 1.807) is 4.90 Å². The maximum Gasteiger partial charge on any atom is 0.316 e. The van der Waals surface area contributed by atoms with E-state index >= 15 is 0 Å². The molecule has 1 aromatic heterocycles. The fraction of sp³-hybridized carbons (Fsp3) is 0.450. The molecular formula is C20H22FN3O4. The smallest absolute Gasteiger partial charge is 0.316 e. The van der Waals surface area contributed by atoms with Gasteiger partial charge in [-0.05, 0) is 19.9 Å². The van der Waals surface area contributed by atoms with Crippen LogP contribution in [0.5, 0.6) is 17.5 Å². The normalized spacial score (nSPS) is 19.8. The zero-order valence-electron chi connectivity index (χ0n) is 15.9. The maximum atomic E-state index is 12.9. The summed E-state index contributed by atoms with van der Waals surface area (Å²) in [5.41, 5.74) is 0.817. The largest absolute Gasteiger partial charge is 0.483 e. The summed E-state index contributed by atoms with van der Waals surface area (Å²) < 4.78 is 30.2. The molecular weight excluding hydrogens is 365 g/mol. The lowest BCUT2D eigenvalue weighted by molar-refractivity contribution is -0.132. The zero-order valence-corrected chi connectivity index (χ0v) is 15.9. The van der Waals surface area contributed by atoms with Crippen LogP contribution in [0.3, 0.4) is 0 Å². The molecule has 4 rings (SSSR count). The molecule has 0 spiro atoms. The van der Waals surface area contributed by atoms with Crippen molar-refractivity contribution in [3.63, 3.8) is 0 Å². The highest BCUT2D eigenvalue weighted by Gasteiger charge is 2.33. The third-order valence-corrected chi connectivity index (χ3v) is 4.77. The number of ether oxygens (including phenoxy) is 3. The summed E-state index contributed by atoms with van der Waals surface area (Å²) in [5.74, 6) is 0.660. The Hall–Kier alpha value is -2.90. The number of hydrogen-bond acceptors (Lipinski definition) is 6. The number of hydrogen-bond donors (Lipinski definition) is 0. The Kier molecular flexibility index (Phi) is 4.78. The standard InChI is InChI=1S/C20H22FN3O4/c1-20(2)8-13-4-3-5-16(18(13)28-20)26-12-17(25)24-7-6-15(11-24)27-19-22-9-14(21)10-23-19/h3-5,9-10,15H,6-8,11-12H2,1-2H3. The van der Waals surface area contributed by atoms with E-state index in [-0.39, 0.29) is 30.2 Å². The number of aromatic nitrogens is 2. The molecule has 0 bridgehead atoms. The molecule has 0 N–H and O–H groups in total. The molecule has 1 fully saturated rings. The van der Waals surface area contributed by atoms with Crippen LogP contribution in [-0.2, 0) is 11.2 Å². The van der Waals surface area contributed by atoms with Crippen molar-refractivity contribution in [1.82, 2.24) is 14.9 Å². The van der Waals surface area contributed by atoms with E-state index in [0.29, 0.717) is 25.3 Å². The van der Waals surface area contributed by atoms with Gasteiger partial charge in [-0.25, -0.2) is 14.4 Å². The molecule has 1 unspecified atom stereocenters. The first-order valence-electron chi connectivity index (χ1n) is 9.25. The number of carbonyl (C=O) groups excluding carboxylic acids is 1. The van der Waals surface area contributed by atoms with Gasteiger partial charge in [0, 0.05) is 24.9 Å². The van der Waals surface area contributed by atoms with Crippen molar-refractivity contribution >= 4 is 5.91 Å². The van der Waals surface area contributed by atoms with Gasteiger partial charge >= 0.3 is 6.01 Å². The van der Waals surface area contributed by atoms with Crippen LogP contribution in [0.25, 0.3) is 0 Å². The molecule has 7 nitrogen and oxygen atoms in total. The predicted octanol–water partition coefficient (Wildman–Crippen LogP) is 2.39. The summed E-state index contributed by atoms with van der Waals surface area (Å²) in [4.78, 5) is 21.8. The van der Waals surface area contributed by atoms with Gasteiger partial charge in [0.25, 0.3) is 5.91 Å². The number of nitrogens with zero attached hydrogens (tertiary/aromatic N) is 3. The van der Waals surface area contributed by atoms with Gasteiger partial charge in [0.1, 0.15) is 11.7 Å². The van der Waals surface area contributed by atoms with E-state index in [1.807, 2.05) is 32.0 Å². The van der Waals surface area contributed by atoms with Crippen LogP contribution in [0.4, 0.5) is 4.39 Å². The zero-order chi connectivity index (χ0) is 19.7.